The fourth-order valence-electron chi connectivity index (χ4n) is 7.51. The van der Waals surface area contributed by atoms with E-state index in [2.05, 4.69) is 46.9 Å². The van der Waals surface area contributed by atoms with E-state index < -0.39 is 34.8 Å². The Morgan fingerprint density at radius 2 is 1.03 bits per heavy atom. The molecule has 14 nitrogen and oxygen atoms in total. The van der Waals surface area contributed by atoms with E-state index in [1.54, 1.807) is 20.8 Å². The maximum Gasteiger partial charge on any atom is 0.326 e. The summed E-state index contributed by atoms with van der Waals surface area (Å²) in [5.41, 5.74) is 3.31. The van der Waals surface area contributed by atoms with Gasteiger partial charge < -0.3 is 40.0 Å². The van der Waals surface area contributed by atoms with Crippen molar-refractivity contribution in [2.75, 3.05) is 27.2 Å². The second-order valence-corrected chi connectivity index (χ2v) is 18.2. The molecule has 2 aliphatic heterocycles. The fraction of sp³-hybridized carbons (Fsp3) is 0.522. The SMILES string of the molecule is C.CC(C)NC(=O)[C@@H](NC(=O)c1nc(-c2ccccc2)n2c1CN(C)CCC2)C(C)(C)C.CN1CCCn2c(-c3ccccc3)nc(C(=O)N[C@H](C(=O)O)C(C)(C)C)c2C1.S.S.[3H][B][3H].[U]. The molecule has 6 rings (SSSR count). The molecule has 0 saturated carbocycles. The smallest absolute Gasteiger partial charge is 0.326 e. The van der Waals surface area contributed by atoms with Crippen molar-refractivity contribution in [1.29, 1.82) is 2.67 Å². The molecule has 0 spiro atoms. The van der Waals surface area contributed by atoms with Crippen LogP contribution in [0.1, 0.15) is 108 Å². The largest absolute Gasteiger partial charge is 0.480 e. The zero-order valence-corrected chi connectivity index (χ0v) is 44.7. The van der Waals surface area contributed by atoms with Crippen LogP contribution in [0.25, 0.3) is 22.8 Å². The molecule has 2 atom stereocenters. The Morgan fingerprint density at radius 1 is 0.672 bits per heavy atom. The summed E-state index contributed by atoms with van der Waals surface area (Å²) in [7, 11) is 4.57. The summed E-state index contributed by atoms with van der Waals surface area (Å²) in [6.45, 7) is 19.8. The number of rotatable bonds is 9. The Balaban J connectivity index is 0.00000115. The molecule has 4 aromatic rings. The molecule has 0 unspecified atom stereocenters. The molecule has 2 aromatic carbocycles. The number of nitrogens with one attached hydrogen (secondary N) is 3. The van der Waals surface area contributed by atoms with Crippen LogP contribution in [-0.4, -0.2) is 114 Å². The number of imidazole rings is 2. The topological polar surface area (TPSA) is 167 Å². The van der Waals surface area contributed by atoms with Crippen LogP contribution in [0.2, 0.25) is 0 Å². The van der Waals surface area contributed by atoms with Gasteiger partial charge in [0, 0.05) is 74.5 Å². The Hall–Kier alpha value is -3.52. The van der Waals surface area contributed by atoms with Crippen LogP contribution in [0.5, 0.6) is 0 Å². The number of carboxylic acid groups (broad SMARTS) is 1. The molecule has 4 heterocycles. The number of aromatic nitrogens is 4. The fourth-order valence-corrected chi connectivity index (χ4v) is 7.51. The molecule has 3 amide bonds. The molecule has 18 heteroatoms. The van der Waals surface area contributed by atoms with Crippen molar-refractivity contribution in [3.63, 3.8) is 0 Å². The molecule has 0 saturated heterocycles. The van der Waals surface area contributed by atoms with Gasteiger partial charge in [-0.1, -0.05) is 110 Å². The maximum absolute atomic E-state index is 13.4. The summed E-state index contributed by atoms with van der Waals surface area (Å²) in [6, 6.07) is 18.1. The molecular weight excluding hydrogens is 1070 g/mol. The van der Waals surface area contributed by atoms with Crippen LogP contribution in [-0.2, 0) is 35.8 Å². The predicted octanol–water partition coefficient (Wildman–Crippen LogP) is 5.61. The standard InChI is InChI=1S/C24H35N5O2.C21H28N4O3.CH4.BH2.2H2S.U/c1-16(2)25-23(31)20(24(3,4)5)27-22(30)19-18-15-28(6)13-10-14-29(18)21(26-19)17-11-8-7-9-12-17;1-21(2,3)17(20(27)28)23-19(26)16-15-13-24(4)11-8-12-25(15)18(22-16)14-9-6-5-7-10-14;;;;;/h7-9,11-12,16,20H,10,13-15H2,1-6H3,(H,25,31)(H,27,30);5-7,9-10,17H,8,11-13H2,1-4H3,(H,23,26)(H,27,28);1H4;3*1H2;/t20-;17-;;;;;/m11...../s1/i;;;1T2;;;. The first-order valence-electron chi connectivity index (χ1n) is 21.7. The van der Waals surface area contributed by atoms with Gasteiger partial charge in [-0.2, -0.15) is 27.0 Å². The summed E-state index contributed by atoms with van der Waals surface area (Å²) in [5, 5.41) is 18.2. The van der Waals surface area contributed by atoms with Gasteiger partial charge in [0.1, 0.15) is 23.7 Å². The van der Waals surface area contributed by atoms with Gasteiger partial charge in [0.15, 0.2) is 11.4 Å². The number of fused-ring (bicyclic) bond motifs is 2. The second kappa shape index (κ2) is 26.0. The van der Waals surface area contributed by atoms with Crippen LogP contribution in [0.4, 0.5) is 0 Å². The average Bonchev–Trinajstić information content (AvgIpc) is 3.57. The van der Waals surface area contributed by atoms with Gasteiger partial charge in [-0.05, 0) is 67.4 Å². The number of hydrogen-bond acceptors (Lipinski definition) is 8. The number of carbonyl (C=O) groups excluding carboxylic acids is 3. The number of carbonyl (C=O) groups is 4. The Labute approximate surface area is 423 Å². The van der Waals surface area contributed by atoms with E-state index in [1.165, 1.54) is 0 Å². The Morgan fingerprint density at radius 3 is 1.36 bits per heavy atom. The minimum absolute atomic E-state index is 0. The Bertz CT molecular complexity index is 2150. The quantitative estimate of drug-likeness (QED) is 0.156. The summed E-state index contributed by atoms with van der Waals surface area (Å²) >= 11 is 0. The van der Waals surface area contributed by atoms with Gasteiger partial charge in [0.2, 0.25) is 5.91 Å². The predicted molar refractivity (Wildman–Crippen MR) is 266 cm³/mol. The number of aliphatic carboxylic acids is 1. The van der Waals surface area contributed by atoms with Crippen molar-refractivity contribution in [3.05, 3.63) is 83.4 Å². The summed E-state index contributed by atoms with van der Waals surface area (Å²) in [6.07, 6.45) is 1.95. The van der Waals surface area contributed by atoms with Crippen LogP contribution >= 0.6 is 27.0 Å². The van der Waals surface area contributed by atoms with Crippen LogP contribution in [0.15, 0.2) is 60.7 Å². The molecule has 0 bridgehead atoms. The monoisotopic (exact) mass is 1150 g/mol. The zero-order chi connectivity index (χ0) is 45.9. The first kappa shape index (κ1) is 56.6. The van der Waals surface area contributed by atoms with Crippen LogP contribution < -0.4 is 16.0 Å². The van der Waals surface area contributed by atoms with Gasteiger partial charge in [-0.3, -0.25) is 14.4 Å². The van der Waals surface area contributed by atoms with E-state index in [9.17, 15) is 24.3 Å². The van der Waals surface area contributed by atoms with Crippen molar-refractivity contribution >= 4 is 59.0 Å². The average molecular weight is 1150 g/mol. The number of carboxylic acids is 1. The van der Waals surface area contributed by atoms with Gasteiger partial charge in [0.25, 0.3) is 11.8 Å². The third-order valence-electron chi connectivity index (χ3n) is 10.5. The van der Waals surface area contributed by atoms with Crippen molar-refractivity contribution in [2.24, 2.45) is 10.8 Å². The maximum atomic E-state index is 13.4. The molecular formula is C46H73BN9O5S2U. The third-order valence-corrected chi connectivity index (χ3v) is 10.5. The minimum Gasteiger partial charge on any atom is -0.480 e. The van der Waals surface area contributed by atoms with Crippen molar-refractivity contribution in [1.82, 2.24) is 44.9 Å². The molecule has 1 radical (unpaired) electrons. The summed E-state index contributed by atoms with van der Waals surface area (Å²) < 4.78 is 15.8. The number of benzene rings is 2. The number of amides is 3. The first-order valence-corrected chi connectivity index (χ1v) is 20.6. The van der Waals surface area contributed by atoms with E-state index in [-0.39, 0.29) is 83.4 Å². The van der Waals surface area contributed by atoms with Crippen LogP contribution in [0.3, 0.4) is 0 Å². The molecule has 2 aliphatic rings. The third kappa shape index (κ3) is 15.3. The molecule has 64 heavy (non-hydrogen) atoms. The van der Waals surface area contributed by atoms with E-state index in [0.717, 1.165) is 73.2 Å². The van der Waals surface area contributed by atoms with E-state index >= 15 is 0 Å². The van der Waals surface area contributed by atoms with Crippen molar-refractivity contribution in [3.8, 4) is 22.8 Å². The van der Waals surface area contributed by atoms with Gasteiger partial charge >= 0.3 is 5.97 Å². The molecule has 351 valence electrons. The summed E-state index contributed by atoms with van der Waals surface area (Å²) in [5.74, 6) is -0.426. The minimum atomic E-state index is -1.05. The van der Waals surface area contributed by atoms with Crippen molar-refractivity contribution < 1.29 is 55.4 Å². The zero-order valence-electron chi connectivity index (χ0n) is 40.5. The molecule has 0 fully saturated rings. The molecule has 4 N–H and O–H groups in total. The van der Waals surface area contributed by atoms with Crippen LogP contribution in [0, 0.1) is 41.9 Å². The normalized spacial score (nSPS) is 15.0. The Kier molecular flexibility index (Phi) is 23.0. The van der Waals surface area contributed by atoms with E-state index in [1.807, 2.05) is 102 Å². The van der Waals surface area contributed by atoms with Gasteiger partial charge in [-0.15, -0.1) is 0 Å². The number of nitrogens with zero attached hydrogens (tertiary/aromatic N) is 6. The molecule has 0 aliphatic carbocycles. The first-order chi connectivity index (χ1) is 29.2. The summed E-state index contributed by atoms with van der Waals surface area (Å²) in [4.78, 5) is 64.8. The van der Waals surface area contributed by atoms with E-state index in [4.69, 9.17) is 7.66 Å². The number of hydrogen-bond donors (Lipinski definition) is 4. The van der Waals surface area contributed by atoms with Crippen molar-refractivity contribution in [2.45, 2.75) is 120 Å². The van der Waals surface area contributed by atoms with E-state index in [0.29, 0.717) is 32.8 Å². The second-order valence-electron chi connectivity index (χ2n) is 18.2. The molecule has 2 aromatic heterocycles. The van der Waals surface area contributed by atoms with Gasteiger partial charge in [-0.25, -0.2) is 14.8 Å². The van der Waals surface area contributed by atoms with Gasteiger partial charge in [0.05, 0.1) is 19.7 Å².